The van der Waals surface area contributed by atoms with E-state index in [4.69, 9.17) is 23.2 Å². The van der Waals surface area contributed by atoms with Gasteiger partial charge in [-0.25, -0.2) is 4.39 Å². The van der Waals surface area contributed by atoms with Gasteiger partial charge in [0.25, 0.3) is 0 Å². The third-order valence-corrected chi connectivity index (χ3v) is 4.72. The summed E-state index contributed by atoms with van der Waals surface area (Å²) in [5, 5.41) is 6.60. The molecule has 2 atom stereocenters. The van der Waals surface area contributed by atoms with Crippen molar-refractivity contribution in [2.45, 2.75) is 11.8 Å². The van der Waals surface area contributed by atoms with Crippen LogP contribution in [0.1, 0.15) is 23.0 Å². The lowest BCUT2D eigenvalue weighted by Gasteiger charge is -2.22. The van der Waals surface area contributed by atoms with E-state index in [-0.39, 0.29) is 16.9 Å². The summed E-state index contributed by atoms with van der Waals surface area (Å²) in [6.45, 7) is 1.45. The summed E-state index contributed by atoms with van der Waals surface area (Å²) in [7, 11) is 0. The fourth-order valence-electron chi connectivity index (χ4n) is 3.15. The highest BCUT2D eigenvalue weighted by atomic mass is 35.5. The van der Waals surface area contributed by atoms with E-state index in [0.29, 0.717) is 23.7 Å². The predicted molar refractivity (Wildman–Crippen MR) is 90.9 cm³/mol. The fraction of sp³-hybridized carbons (Fsp3) is 0.235. The second kappa shape index (κ2) is 6.87. The lowest BCUT2D eigenvalue weighted by molar-refractivity contribution is -0.105. The minimum Gasteiger partial charge on any atom is -0.328 e. The SMILES string of the molecule is O=CNc1cc(Cl)c(F)cc1C1CNC[C@@H]1c1cccc(Cl)c1. The molecular weight excluding hydrogens is 338 g/mol. The maximum atomic E-state index is 14.0. The van der Waals surface area contributed by atoms with Crippen LogP contribution in [0.4, 0.5) is 10.1 Å². The van der Waals surface area contributed by atoms with Crippen molar-refractivity contribution in [3.05, 3.63) is 63.4 Å². The quantitative estimate of drug-likeness (QED) is 0.810. The normalized spacial score (nSPS) is 20.5. The maximum absolute atomic E-state index is 14.0. The summed E-state index contributed by atoms with van der Waals surface area (Å²) in [5.74, 6) is -0.334. The van der Waals surface area contributed by atoms with Crippen LogP contribution < -0.4 is 10.6 Å². The standard InChI is InChI=1S/C17H15Cl2FN2O/c18-11-3-1-2-10(4-11)13-7-21-8-14(13)12-5-16(20)15(19)6-17(12)22-9-23/h1-6,9,13-14,21H,7-8H2,(H,22,23)/t13-,14?/m1/s1. The van der Waals surface area contributed by atoms with Gasteiger partial charge in [0.15, 0.2) is 0 Å². The lowest BCUT2D eigenvalue weighted by atomic mass is 9.83. The summed E-state index contributed by atoms with van der Waals surface area (Å²) in [5.41, 5.74) is 2.35. The largest absolute Gasteiger partial charge is 0.328 e. The molecule has 0 saturated carbocycles. The van der Waals surface area contributed by atoms with Crippen molar-refractivity contribution < 1.29 is 9.18 Å². The van der Waals surface area contributed by atoms with E-state index in [0.717, 1.165) is 17.7 Å². The van der Waals surface area contributed by atoms with Crippen LogP contribution in [0.2, 0.25) is 10.0 Å². The second-order valence-electron chi connectivity index (χ2n) is 5.54. The van der Waals surface area contributed by atoms with Crippen molar-refractivity contribution in [2.75, 3.05) is 18.4 Å². The lowest BCUT2D eigenvalue weighted by Crippen LogP contribution is -2.12. The molecular formula is C17H15Cl2FN2O. The fourth-order valence-corrected chi connectivity index (χ4v) is 3.51. The first-order chi connectivity index (χ1) is 11.1. The van der Waals surface area contributed by atoms with Crippen LogP contribution in [0.3, 0.4) is 0 Å². The zero-order valence-electron chi connectivity index (χ0n) is 12.2. The highest BCUT2D eigenvalue weighted by molar-refractivity contribution is 6.31. The molecule has 6 heteroatoms. The molecule has 0 bridgehead atoms. The van der Waals surface area contributed by atoms with Gasteiger partial charge >= 0.3 is 0 Å². The van der Waals surface area contributed by atoms with Gasteiger partial charge in [0, 0.05) is 35.6 Å². The minimum atomic E-state index is -0.491. The number of anilines is 1. The van der Waals surface area contributed by atoms with Gasteiger partial charge in [0.05, 0.1) is 5.02 Å². The Kier molecular flexibility index (Phi) is 4.85. The van der Waals surface area contributed by atoms with Crippen LogP contribution in [0.15, 0.2) is 36.4 Å². The van der Waals surface area contributed by atoms with Crippen molar-refractivity contribution in [2.24, 2.45) is 0 Å². The van der Waals surface area contributed by atoms with Crippen LogP contribution >= 0.6 is 23.2 Å². The highest BCUT2D eigenvalue weighted by Gasteiger charge is 2.32. The van der Waals surface area contributed by atoms with E-state index in [1.165, 1.54) is 12.1 Å². The Morgan fingerprint density at radius 1 is 1.17 bits per heavy atom. The van der Waals surface area contributed by atoms with E-state index < -0.39 is 5.82 Å². The molecule has 1 saturated heterocycles. The van der Waals surface area contributed by atoms with E-state index in [1.807, 2.05) is 24.3 Å². The number of nitrogens with one attached hydrogen (secondary N) is 2. The first-order valence-electron chi connectivity index (χ1n) is 7.25. The molecule has 1 aliphatic rings. The van der Waals surface area contributed by atoms with Crippen molar-refractivity contribution in [1.82, 2.24) is 5.32 Å². The van der Waals surface area contributed by atoms with Gasteiger partial charge in [-0.15, -0.1) is 0 Å². The maximum Gasteiger partial charge on any atom is 0.211 e. The number of hydrogen-bond donors (Lipinski definition) is 2. The summed E-state index contributed by atoms with van der Waals surface area (Å²) in [6.07, 6.45) is 0.573. The molecule has 23 heavy (non-hydrogen) atoms. The number of hydrogen-bond acceptors (Lipinski definition) is 2. The molecule has 2 aromatic carbocycles. The summed E-state index contributed by atoms with van der Waals surface area (Å²) in [4.78, 5) is 10.9. The minimum absolute atomic E-state index is 0.0108. The zero-order valence-corrected chi connectivity index (χ0v) is 13.7. The Bertz CT molecular complexity index is 739. The van der Waals surface area contributed by atoms with Gasteiger partial charge in [0.2, 0.25) is 6.41 Å². The first kappa shape index (κ1) is 16.2. The van der Waals surface area contributed by atoms with Crippen LogP contribution in [0.5, 0.6) is 0 Å². The number of rotatable bonds is 4. The van der Waals surface area contributed by atoms with Crippen molar-refractivity contribution in [3.8, 4) is 0 Å². The van der Waals surface area contributed by atoms with E-state index in [9.17, 15) is 9.18 Å². The molecule has 1 aliphatic heterocycles. The van der Waals surface area contributed by atoms with Gasteiger partial charge in [-0.3, -0.25) is 4.79 Å². The van der Waals surface area contributed by atoms with Gasteiger partial charge < -0.3 is 10.6 Å². The summed E-state index contributed by atoms with van der Waals surface area (Å²) >= 11 is 11.9. The number of benzene rings is 2. The molecule has 2 aromatic rings. The van der Waals surface area contributed by atoms with Gasteiger partial charge in [-0.2, -0.15) is 0 Å². The highest BCUT2D eigenvalue weighted by Crippen LogP contribution is 2.40. The molecule has 1 unspecified atom stereocenters. The van der Waals surface area contributed by atoms with E-state index >= 15 is 0 Å². The Morgan fingerprint density at radius 2 is 1.96 bits per heavy atom. The number of halogens is 3. The molecule has 120 valence electrons. The average molecular weight is 353 g/mol. The molecule has 0 aromatic heterocycles. The predicted octanol–water partition coefficient (Wildman–Crippen LogP) is 4.17. The number of carbonyl (C=O) groups is 1. The molecule has 0 radical (unpaired) electrons. The van der Waals surface area contributed by atoms with E-state index in [1.54, 1.807) is 0 Å². The van der Waals surface area contributed by atoms with Crippen LogP contribution in [0.25, 0.3) is 0 Å². The monoisotopic (exact) mass is 352 g/mol. The average Bonchev–Trinajstić information content (AvgIpc) is 3.00. The van der Waals surface area contributed by atoms with Crippen molar-refractivity contribution in [3.63, 3.8) is 0 Å². The van der Waals surface area contributed by atoms with Crippen molar-refractivity contribution >= 4 is 35.3 Å². The zero-order chi connectivity index (χ0) is 16.4. The Morgan fingerprint density at radius 3 is 2.70 bits per heavy atom. The topological polar surface area (TPSA) is 41.1 Å². The molecule has 2 N–H and O–H groups in total. The van der Waals surface area contributed by atoms with Gasteiger partial charge in [-0.05, 0) is 35.4 Å². The molecule has 0 spiro atoms. The third kappa shape index (κ3) is 3.34. The van der Waals surface area contributed by atoms with Crippen LogP contribution in [0, 0.1) is 5.82 Å². The van der Waals surface area contributed by atoms with Crippen molar-refractivity contribution in [1.29, 1.82) is 0 Å². The van der Waals surface area contributed by atoms with E-state index in [2.05, 4.69) is 10.6 Å². The van der Waals surface area contributed by atoms with Gasteiger partial charge in [-0.1, -0.05) is 35.3 Å². The third-order valence-electron chi connectivity index (χ3n) is 4.20. The van der Waals surface area contributed by atoms with Crippen LogP contribution in [-0.4, -0.2) is 19.5 Å². The van der Waals surface area contributed by atoms with Crippen LogP contribution in [-0.2, 0) is 4.79 Å². The summed E-state index contributed by atoms with van der Waals surface area (Å²) < 4.78 is 14.0. The number of amides is 1. The molecule has 0 aliphatic carbocycles. The number of carbonyl (C=O) groups excluding carboxylic acids is 1. The molecule has 1 amide bonds. The second-order valence-corrected chi connectivity index (χ2v) is 6.39. The molecule has 1 heterocycles. The molecule has 3 rings (SSSR count). The Balaban J connectivity index is 2.02. The first-order valence-corrected chi connectivity index (χ1v) is 8.01. The molecule has 3 nitrogen and oxygen atoms in total. The smallest absolute Gasteiger partial charge is 0.211 e. The molecule has 1 fully saturated rings. The Hall–Kier alpha value is -1.62. The Labute approximate surface area is 143 Å². The van der Waals surface area contributed by atoms with Gasteiger partial charge in [0.1, 0.15) is 5.82 Å². The summed E-state index contributed by atoms with van der Waals surface area (Å²) in [6, 6.07) is 10.5.